The standard InChI is InChI=1S/C12H18BrNOS/c1-16-9-12(6-7-15)14-8-10-2-4-11(13)5-3-10/h2-5,12,14-15H,6-9H2,1H3. The molecule has 4 heteroatoms. The van der Waals surface area contributed by atoms with Crippen LogP contribution < -0.4 is 5.32 Å². The number of aliphatic hydroxyl groups is 1. The fourth-order valence-corrected chi connectivity index (χ4v) is 2.42. The van der Waals surface area contributed by atoms with Crippen LogP contribution in [0.3, 0.4) is 0 Å². The predicted octanol–water partition coefficient (Wildman–Crippen LogP) is 2.65. The zero-order chi connectivity index (χ0) is 11.8. The van der Waals surface area contributed by atoms with Gasteiger partial charge in [-0.15, -0.1) is 0 Å². The van der Waals surface area contributed by atoms with Gasteiger partial charge in [-0.05, 0) is 30.4 Å². The molecule has 0 radical (unpaired) electrons. The number of thioether (sulfide) groups is 1. The summed E-state index contributed by atoms with van der Waals surface area (Å²) in [7, 11) is 0. The van der Waals surface area contributed by atoms with Gasteiger partial charge >= 0.3 is 0 Å². The molecule has 0 aromatic heterocycles. The number of rotatable bonds is 7. The average molecular weight is 304 g/mol. The smallest absolute Gasteiger partial charge is 0.0446 e. The Balaban J connectivity index is 2.38. The van der Waals surface area contributed by atoms with Crippen LogP contribution >= 0.6 is 27.7 Å². The molecular weight excluding hydrogens is 286 g/mol. The molecule has 1 aromatic rings. The zero-order valence-electron chi connectivity index (χ0n) is 9.45. The van der Waals surface area contributed by atoms with E-state index in [4.69, 9.17) is 5.11 Å². The minimum absolute atomic E-state index is 0.249. The van der Waals surface area contributed by atoms with Crippen LogP contribution in [0.15, 0.2) is 28.7 Å². The first kappa shape index (κ1) is 14.0. The molecule has 0 heterocycles. The van der Waals surface area contributed by atoms with Gasteiger partial charge < -0.3 is 10.4 Å². The molecule has 0 bridgehead atoms. The Hall–Kier alpha value is -0.0300. The van der Waals surface area contributed by atoms with Crippen molar-refractivity contribution in [2.75, 3.05) is 18.6 Å². The molecule has 1 rings (SSSR count). The third kappa shape index (κ3) is 5.34. The molecule has 0 saturated heterocycles. The Morgan fingerprint density at radius 1 is 1.38 bits per heavy atom. The van der Waals surface area contributed by atoms with E-state index in [2.05, 4.69) is 39.6 Å². The Bertz CT molecular complexity index is 286. The molecular formula is C12H18BrNOS. The second-order valence-electron chi connectivity index (χ2n) is 3.67. The predicted molar refractivity (Wildman–Crippen MR) is 74.9 cm³/mol. The maximum absolute atomic E-state index is 8.94. The SMILES string of the molecule is CSCC(CCO)NCc1ccc(Br)cc1. The van der Waals surface area contributed by atoms with Crippen LogP contribution in [0.4, 0.5) is 0 Å². The molecule has 0 aliphatic heterocycles. The van der Waals surface area contributed by atoms with Crippen molar-refractivity contribution in [3.8, 4) is 0 Å². The van der Waals surface area contributed by atoms with Gasteiger partial charge in [-0.1, -0.05) is 28.1 Å². The van der Waals surface area contributed by atoms with Gasteiger partial charge in [0.1, 0.15) is 0 Å². The third-order valence-electron chi connectivity index (χ3n) is 2.35. The molecule has 2 N–H and O–H groups in total. The molecule has 0 aliphatic carbocycles. The Morgan fingerprint density at radius 3 is 2.62 bits per heavy atom. The molecule has 0 amide bonds. The van der Waals surface area contributed by atoms with Crippen LogP contribution in [0, 0.1) is 0 Å². The summed E-state index contributed by atoms with van der Waals surface area (Å²) in [5.74, 6) is 1.04. The van der Waals surface area contributed by atoms with Crippen LogP contribution in [-0.4, -0.2) is 29.8 Å². The normalized spacial score (nSPS) is 12.7. The molecule has 2 nitrogen and oxygen atoms in total. The van der Waals surface area contributed by atoms with Crippen LogP contribution in [-0.2, 0) is 6.54 Å². The van der Waals surface area contributed by atoms with Crippen molar-refractivity contribution in [3.05, 3.63) is 34.3 Å². The molecule has 1 atom stereocenters. The van der Waals surface area contributed by atoms with Crippen LogP contribution in [0.5, 0.6) is 0 Å². The van der Waals surface area contributed by atoms with Crippen molar-refractivity contribution < 1.29 is 5.11 Å². The third-order valence-corrected chi connectivity index (χ3v) is 3.62. The van der Waals surface area contributed by atoms with E-state index in [9.17, 15) is 0 Å². The van der Waals surface area contributed by atoms with Gasteiger partial charge in [0.25, 0.3) is 0 Å². The summed E-state index contributed by atoms with van der Waals surface area (Å²) in [4.78, 5) is 0. The van der Waals surface area contributed by atoms with Crippen molar-refractivity contribution in [1.29, 1.82) is 0 Å². The van der Waals surface area contributed by atoms with E-state index in [1.165, 1.54) is 5.56 Å². The largest absolute Gasteiger partial charge is 0.396 e. The highest BCUT2D eigenvalue weighted by Gasteiger charge is 2.06. The second-order valence-corrected chi connectivity index (χ2v) is 5.50. The molecule has 0 fully saturated rings. The molecule has 1 aromatic carbocycles. The van der Waals surface area contributed by atoms with Crippen LogP contribution in [0.25, 0.3) is 0 Å². The highest BCUT2D eigenvalue weighted by Crippen LogP contribution is 2.11. The Labute approximate surface area is 110 Å². The maximum atomic E-state index is 8.94. The monoisotopic (exact) mass is 303 g/mol. The van der Waals surface area contributed by atoms with Crippen molar-refractivity contribution in [3.63, 3.8) is 0 Å². The van der Waals surface area contributed by atoms with Gasteiger partial charge in [-0.25, -0.2) is 0 Å². The molecule has 0 saturated carbocycles. The van der Waals surface area contributed by atoms with Crippen molar-refractivity contribution in [1.82, 2.24) is 5.32 Å². The highest BCUT2D eigenvalue weighted by atomic mass is 79.9. The first-order valence-corrected chi connectivity index (χ1v) is 7.52. The van der Waals surface area contributed by atoms with Gasteiger partial charge in [0.2, 0.25) is 0 Å². The van der Waals surface area contributed by atoms with Gasteiger partial charge in [0.15, 0.2) is 0 Å². The summed E-state index contributed by atoms with van der Waals surface area (Å²) in [6.07, 6.45) is 2.91. The number of halogens is 1. The highest BCUT2D eigenvalue weighted by molar-refractivity contribution is 9.10. The van der Waals surface area contributed by atoms with Crippen molar-refractivity contribution in [2.24, 2.45) is 0 Å². The lowest BCUT2D eigenvalue weighted by atomic mass is 10.2. The first-order valence-electron chi connectivity index (χ1n) is 5.34. The van der Waals surface area contributed by atoms with E-state index in [0.717, 1.165) is 23.2 Å². The number of nitrogens with one attached hydrogen (secondary N) is 1. The summed E-state index contributed by atoms with van der Waals surface area (Å²) in [5, 5.41) is 12.4. The van der Waals surface area contributed by atoms with Crippen LogP contribution in [0.1, 0.15) is 12.0 Å². The second kappa shape index (κ2) is 8.12. The molecule has 16 heavy (non-hydrogen) atoms. The van der Waals surface area contributed by atoms with Crippen molar-refractivity contribution >= 4 is 27.7 Å². The molecule has 90 valence electrons. The summed E-state index contributed by atoms with van der Waals surface area (Å²) in [5.41, 5.74) is 1.27. The molecule has 1 unspecified atom stereocenters. The van der Waals surface area contributed by atoms with E-state index in [1.54, 1.807) is 11.8 Å². The minimum Gasteiger partial charge on any atom is -0.396 e. The number of aliphatic hydroxyl groups excluding tert-OH is 1. The van der Waals surface area contributed by atoms with E-state index in [0.29, 0.717) is 6.04 Å². The minimum atomic E-state index is 0.249. The van der Waals surface area contributed by atoms with Gasteiger partial charge in [-0.3, -0.25) is 0 Å². The molecule has 0 spiro atoms. The van der Waals surface area contributed by atoms with Gasteiger partial charge in [-0.2, -0.15) is 11.8 Å². The number of hydrogen-bond acceptors (Lipinski definition) is 3. The molecule has 0 aliphatic rings. The van der Waals surface area contributed by atoms with E-state index in [-0.39, 0.29) is 6.61 Å². The van der Waals surface area contributed by atoms with Gasteiger partial charge in [0.05, 0.1) is 0 Å². The van der Waals surface area contributed by atoms with Crippen LogP contribution in [0.2, 0.25) is 0 Å². The average Bonchev–Trinajstić information content (AvgIpc) is 2.29. The summed E-state index contributed by atoms with van der Waals surface area (Å²) >= 11 is 5.22. The Morgan fingerprint density at radius 2 is 2.06 bits per heavy atom. The first-order chi connectivity index (χ1) is 7.76. The lowest BCUT2D eigenvalue weighted by Crippen LogP contribution is -2.31. The Kier molecular flexibility index (Phi) is 7.12. The fraction of sp³-hybridized carbons (Fsp3) is 0.500. The lowest BCUT2D eigenvalue weighted by Gasteiger charge is -2.16. The van der Waals surface area contributed by atoms with Crippen molar-refractivity contribution in [2.45, 2.75) is 19.0 Å². The fourth-order valence-electron chi connectivity index (χ4n) is 1.47. The lowest BCUT2D eigenvalue weighted by molar-refractivity contribution is 0.270. The maximum Gasteiger partial charge on any atom is 0.0446 e. The summed E-state index contributed by atoms with van der Waals surface area (Å²) < 4.78 is 1.10. The van der Waals surface area contributed by atoms with Gasteiger partial charge in [0, 0.05) is 29.4 Å². The zero-order valence-corrected chi connectivity index (χ0v) is 11.9. The summed E-state index contributed by atoms with van der Waals surface area (Å²) in [6, 6.07) is 8.70. The topological polar surface area (TPSA) is 32.3 Å². The quantitative estimate of drug-likeness (QED) is 0.812. The number of benzene rings is 1. The van der Waals surface area contributed by atoms with E-state index in [1.807, 2.05) is 12.1 Å². The summed E-state index contributed by atoms with van der Waals surface area (Å²) in [6.45, 7) is 1.11. The van der Waals surface area contributed by atoms with E-state index >= 15 is 0 Å². The number of hydrogen-bond donors (Lipinski definition) is 2. The van der Waals surface area contributed by atoms with E-state index < -0.39 is 0 Å².